The van der Waals surface area contributed by atoms with E-state index in [4.69, 9.17) is 0 Å². The fourth-order valence-corrected chi connectivity index (χ4v) is 4.15. The van der Waals surface area contributed by atoms with Crippen LogP contribution in [-0.4, -0.2) is 31.9 Å². The summed E-state index contributed by atoms with van der Waals surface area (Å²) in [4.78, 5) is 12.8. The highest BCUT2D eigenvalue weighted by molar-refractivity contribution is 7.99. The van der Waals surface area contributed by atoms with Gasteiger partial charge in [0.2, 0.25) is 11.1 Å². The van der Waals surface area contributed by atoms with E-state index in [-0.39, 0.29) is 11.7 Å². The molecule has 0 aliphatic rings. The fourth-order valence-electron chi connectivity index (χ4n) is 3.46. The lowest BCUT2D eigenvalue weighted by Gasteiger charge is -2.20. The van der Waals surface area contributed by atoms with E-state index < -0.39 is 0 Å². The lowest BCUT2D eigenvalue weighted by atomic mass is 9.92. The molecule has 2 aromatic carbocycles. The van der Waals surface area contributed by atoms with E-state index in [1.54, 1.807) is 4.68 Å². The Hall–Kier alpha value is -2.67. The number of carbonyl (C=O) groups excluding carboxylic acids is 1. The van der Waals surface area contributed by atoms with Gasteiger partial charge in [0.15, 0.2) is 0 Å². The molecule has 1 amide bonds. The molecule has 30 heavy (non-hydrogen) atoms. The Morgan fingerprint density at radius 2 is 1.73 bits per heavy atom. The van der Waals surface area contributed by atoms with Crippen molar-refractivity contribution in [2.24, 2.45) is 0 Å². The van der Waals surface area contributed by atoms with Gasteiger partial charge in [-0.3, -0.25) is 4.79 Å². The number of hydrogen-bond donors (Lipinski definition) is 1. The number of aromatic nitrogens is 4. The summed E-state index contributed by atoms with van der Waals surface area (Å²) in [6.45, 7) is 12.6. The number of nitrogens with zero attached hydrogens (tertiary/aromatic N) is 4. The van der Waals surface area contributed by atoms with E-state index in [9.17, 15) is 4.79 Å². The summed E-state index contributed by atoms with van der Waals surface area (Å²) < 4.78 is 1.69. The van der Waals surface area contributed by atoms with Crippen LogP contribution in [0.5, 0.6) is 0 Å². The van der Waals surface area contributed by atoms with Crippen molar-refractivity contribution in [1.82, 2.24) is 20.2 Å². The molecule has 1 aromatic heterocycles. The number of hydrogen-bond acceptors (Lipinski definition) is 5. The average Bonchev–Trinajstić information content (AvgIpc) is 3.14. The number of anilines is 1. The number of amides is 1. The topological polar surface area (TPSA) is 72.7 Å². The van der Waals surface area contributed by atoms with Crippen molar-refractivity contribution >= 4 is 23.4 Å². The third-order valence-corrected chi connectivity index (χ3v) is 5.91. The molecule has 0 atom stereocenters. The second kappa shape index (κ2) is 9.43. The van der Waals surface area contributed by atoms with Crippen LogP contribution in [-0.2, 0) is 4.79 Å². The van der Waals surface area contributed by atoms with Crippen molar-refractivity contribution in [2.45, 2.75) is 58.5 Å². The summed E-state index contributed by atoms with van der Waals surface area (Å²) in [6.07, 6.45) is 0. The van der Waals surface area contributed by atoms with Crippen molar-refractivity contribution < 1.29 is 4.79 Å². The van der Waals surface area contributed by atoms with E-state index >= 15 is 0 Å². The normalized spacial score (nSPS) is 11.3. The van der Waals surface area contributed by atoms with Crippen LogP contribution in [0.25, 0.3) is 5.69 Å². The summed E-state index contributed by atoms with van der Waals surface area (Å²) in [5.41, 5.74) is 6.42. The first-order chi connectivity index (χ1) is 14.3. The molecule has 0 unspecified atom stereocenters. The molecule has 0 fully saturated rings. The quantitative estimate of drug-likeness (QED) is 0.525. The molecule has 6 nitrogen and oxygen atoms in total. The Bertz CT molecular complexity index is 1020. The highest BCUT2D eigenvalue weighted by Gasteiger charge is 2.18. The molecule has 3 aromatic rings. The molecular weight excluding hydrogens is 394 g/mol. The molecule has 0 aliphatic heterocycles. The summed E-state index contributed by atoms with van der Waals surface area (Å²) in [6, 6.07) is 12.3. The number of thioether (sulfide) groups is 1. The molecule has 0 spiro atoms. The van der Waals surface area contributed by atoms with Gasteiger partial charge in [-0.1, -0.05) is 75.4 Å². The van der Waals surface area contributed by atoms with Gasteiger partial charge in [0.25, 0.3) is 0 Å². The summed E-state index contributed by atoms with van der Waals surface area (Å²) in [7, 11) is 0. The van der Waals surface area contributed by atoms with Gasteiger partial charge in [0.1, 0.15) is 0 Å². The highest BCUT2D eigenvalue weighted by Crippen LogP contribution is 2.32. The Kier molecular flexibility index (Phi) is 6.92. The molecule has 0 saturated heterocycles. The van der Waals surface area contributed by atoms with Gasteiger partial charge in [-0.2, -0.15) is 4.68 Å². The van der Waals surface area contributed by atoms with Gasteiger partial charge in [0.05, 0.1) is 11.4 Å². The molecule has 158 valence electrons. The van der Waals surface area contributed by atoms with E-state index in [0.29, 0.717) is 17.0 Å². The highest BCUT2D eigenvalue weighted by atomic mass is 32.2. The first-order valence-electron chi connectivity index (χ1n) is 10.2. The maximum Gasteiger partial charge on any atom is 0.234 e. The van der Waals surface area contributed by atoms with Gasteiger partial charge in [-0.25, -0.2) is 0 Å². The van der Waals surface area contributed by atoms with Crippen molar-refractivity contribution in [1.29, 1.82) is 0 Å². The van der Waals surface area contributed by atoms with E-state index in [2.05, 4.69) is 79.7 Å². The number of aryl methyl sites for hydroxylation is 2. The monoisotopic (exact) mass is 423 g/mol. The Balaban J connectivity index is 1.77. The maximum absolute atomic E-state index is 12.8. The van der Waals surface area contributed by atoms with Crippen LogP contribution in [0, 0.1) is 13.8 Å². The Morgan fingerprint density at radius 1 is 1.07 bits per heavy atom. The maximum atomic E-state index is 12.8. The van der Waals surface area contributed by atoms with Crippen LogP contribution in [0.4, 0.5) is 5.69 Å². The van der Waals surface area contributed by atoms with Gasteiger partial charge in [-0.15, -0.1) is 5.10 Å². The molecule has 7 heteroatoms. The summed E-state index contributed by atoms with van der Waals surface area (Å²) >= 11 is 1.33. The minimum absolute atomic E-state index is 0.0646. The molecule has 0 aliphatic carbocycles. The third kappa shape index (κ3) is 4.90. The second-order valence-electron chi connectivity index (χ2n) is 8.12. The molecule has 0 saturated carbocycles. The Labute approximate surface area is 182 Å². The summed E-state index contributed by atoms with van der Waals surface area (Å²) in [5.74, 6) is 0.812. The molecule has 0 radical (unpaired) electrons. The molecule has 3 rings (SSSR count). The van der Waals surface area contributed by atoms with Gasteiger partial charge in [-0.05, 0) is 58.9 Å². The minimum atomic E-state index is -0.0646. The zero-order chi connectivity index (χ0) is 21.8. The molecule has 0 bridgehead atoms. The third-order valence-electron chi connectivity index (χ3n) is 4.99. The van der Waals surface area contributed by atoms with Crippen molar-refractivity contribution in [3.8, 4) is 5.69 Å². The largest absolute Gasteiger partial charge is 0.325 e. The summed E-state index contributed by atoms with van der Waals surface area (Å²) in [5, 5.41) is 15.8. The van der Waals surface area contributed by atoms with Gasteiger partial charge in [0, 0.05) is 5.69 Å². The van der Waals surface area contributed by atoms with Crippen LogP contribution in [0.3, 0.4) is 0 Å². The van der Waals surface area contributed by atoms with Crippen molar-refractivity contribution in [3.63, 3.8) is 0 Å². The lowest BCUT2D eigenvalue weighted by molar-refractivity contribution is -0.113. The molecular formula is C23H29N5OS. The lowest BCUT2D eigenvalue weighted by Crippen LogP contribution is -2.18. The predicted octanol–water partition coefficient (Wildman–Crippen LogP) is 5.26. The van der Waals surface area contributed by atoms with Gasteiger partial charge < -0.3 is 5.32 Å². The number of nitrogens with one attached hydrogen (secondary N) is 1. The van der Waals surface area contributed by atoms with Crippen LogP contribution >= 0.6 is 11.8 Å². The first-order valence-corrected chi connectivity index (χ1v) is 11.2. The standard InChI is InChI=1S/C23H29N5OS/c1-14(2)18-8-7-9-19(15(3)4)22(18)24-21(29)13-30-23-25-26-27-28(23)20-11-10-16(5)12-17(20)6/h7-12,14-15H,13H2,1-6H3,(H,24,29). The molecule has 1 N–H and O–H groups in total. The first kappa shape index (κ1) is 22.0. The van der Waals surface area contributed by atoms with Crippen LogP contribution < -0.4 is 5.32 Å². The SMILES string of the molecule is Cc1ccc(-n2nnnc2SCC(=O)Nc2c(C(C)C)cccc2C(C)C)c(C)c1. The van der Waals surface area contributed by atoms with E-state index in [0.717, 1.165) is 28.1 Å². The number of para-hydroxylation sites is 1. The fraction of sp³-hybridized carbons (Fsp3) is 0.391. The van der Waals surface area contributed by atoms with E-state index in [1.807, 2.05) is 19.1 Å². The van der Waals surface area contributed by atoms with Crippen LogP contribution in [0.2, 0.25) is 0 Å². The zero-order valence-corrected chi connectivity index (χ0v) is 19.2. The van der Waals surface area contributed by atoms with Crippen molar-refractivity contribution in [2.75, 3.05) is 11.1 Å². The Morgan fingerprint density at radius 3 is 2.33 bits per heavy atom. The minimum Gasteiger partial charge on any atom is -0.325 e. The average molecular weight is 424 g/mol. The van der Waals surface area contributed by atoms with Crippen LogP contribution in [0.1, 0.15) is 61.8 Å². The van der Waals surface area contributed by atoms with Crippen molar-refractivity contribution in [3.05, 3.63) is 58.7 Å². The number of rotatable bonds is 7. The number of benzene rings is 2. The number of carbonyl (C=O) groups is 1. The second-order valence-corrected chi connectivity index (χ2v) is 9.06. The zero-order valence-electron chi connectivity index (χ0n) is 18.4. The van der Waals surface area contributed by atoms with Crippen LogP contribution in [0.15, 0.2) is 41.6 Å². The predicted molar refractivity (Wildman–Crippen MR) is 123 cm³/mol. The number of tetrazole rings is 1. The smallest absolute Gasteiger partial charge is 0.234 e. The molecule has 1 heterocycles. The van der Waals surface area contributed by atoms with Gasteiger partial charge >= 0.3 is 0 Å². The van der Waals surface area contributed by atoms with E-state index in [1.165, 1.54) is 17.3 Å².